The fourth-order valence-corrected chi connectivity index (χ4v) is 1.59. The molecule has 1 heterocycles. The van der Waals surface area contributed by atoms with Gasteiger partial charge in [0, 0.05) is 12.4 Å². The van der Waals surface area contributed by atoms with Crippen molar-refractivity contribution >= 4 is 15.9 Å². The standard InChI is InChI=1S/C10H12BrNO/c11-9-7-12-5-3-10(9)13-6-4-8-1-2-8/h3,5,7-8H,1-2,4,6H2. The molecule has 0 aliphatic heterocycles. The quantitative estimate of drug-likeness (QED) is 0.809. The van der Waals surface area contributed by atoms with Gasteiger partial charge in [0.25, 0.3) is 0 Å². The highest BCUT2D eigenvalue weighted by Crippen LogP contribution is 2.32. The van der Waals surface area contributed by atoms with Crippen molar-refractivity contribution < 1.29 is 4.74 Å². The Morgan fingerprint density at radius 1 is 1.54 bits per heavy atom. The highest BCUT2D eigenvalue weighted by atomic mass is 79.9. The molecule has 1 aromatic heterocycles. The molecule has 0 N–H and O–H groups in total. The third-order valence-electron chi connectivity index (χ3n) is 2.22. The zero-order valence-corrected chi connectivity index (χ0v) is 8.96. The van der Waals surface area contributed by atoms with Gasteiger partial charge in [0.1, 0.15) is 5.75 Å². The van der Waals surface area contributed by atoms with Gasteiger partial charge in [-0.05, 0) is 34.3 Å². The molecule has 1 fully saturated rings. The summed E-state index contributed by atoms with van der Waals surface area (Å²) in [6, 6.07) is 1.89. The first-order valence-corrected chi connectivity index (χ1v) is 5.38. The molecule has 0 atom stereocenters. The number of rotatable bonds is 4. The summed E-state index contributed by atoms with van der Waals surface area (Å²) in [5.41, 5.74) is 0. The maximum atomic E-state index is 5.60. The Bertz CT molecular complexity index is 286. The van der Waals surface area contributed by atoms with E-state index in [1.54, 1.807) is 12.4 Å². The summed E-state index contributed by atoms with van der Waals surface area (Å²) in [7, 11) is 0. The van der Waals surface area contributed by atoms with E-state index in [1.165, 1.54) is 19.3 Å². The lowest BCUT2D eigenvalue weighted by molar-refractivity contribution is 0.300. The first kappa shape index (κ1) is 9.00. The van der Waals surface area contributed by atoms with Crippen LogP contribution in [0.25, 0.3) is 0 Å². The first-order chi connectivity index (χ1) is 6.36. The van der Waals surface area contributed by atoms with E-state index in [0.717, 1.165) is 22.7 Å². The molecule has 0 saturated heterocycles. The second-order valence-corrected chi connectivity index (χ2v) is 4.24. The lowest BCUT2D eigenvalue weighted by Crippen LogP contribution is -1.98. The van der Waals surface area contributed by atoms with Gasteiger partial charge < -0.3 is 4.74 Å². The molecule has 0 radical (unpaired) electrons. The van der Waals surface area contributed by atoms with Crippen molar-refractivity contribution in [1.29, 1.82) is 0 Å². The predicted octanol–water partition coefficient (Wildman–Crippen LogP) is 3.02. The minimum Gasteiger partial charge on any atom is -0.492 e. The van der Waals surface area contributed by atoms with E-state index < -0.39 is 0 Å². The molecular weight excluding hydrogens is 230 g/mol. The van der Waals surface area contributed by atoms with Crippen LogP contribution in [0.15, 0.2) is 22.9 Å². The summed E-state index contributed by atoms with van der Waals surface area (Å²) >= 11 is 3.39. The van der Waals surface area contributed by atoms with Gasteiger partial charge in [-0.2, -0.15) is 0 Å². The van der Waals surface area contributed by atoms with Crippen molar-refractivity contribution in [2.75, 3.05) is 6.61 Å². The fourth-order valence-electron chi connectivity index (χ4n) is 1.22. The van der Waals surface area contributed by atoms with Crippen molar-refractivity contribution in [2.45, 2.75) is 19.3 Å². The summed E-state index contributed by atoms with van der Waals surface area (Å²) in [4.78, 5) is 3.97. The van der Waals surface area contributed by atoms with Crippen LogP contribution in [0, 0.1) is 5.92 Å². The van der Waals surface area contributed by atoms with Crippen molar-refractivity contribution in [3.8, 4) is 5.75 Å². The third kappa shape index (κ3) is 2.69. The van der Waals surface area contributed by atoms with Gasteiger partial charge in [0.15, 0.2) is 0 Å². The monoisotopic (exact) mass is 241 g/mol. The van der Waals surface area contributed by atoms with Crippen LogP contribution >= 0.6 is 15.9 Å². The van der Waals surface area contributed by atoms with Crippen LogP contribution in [-0.4, -0.2) is 11.6 Å². The van der Waals surface area contributed by atoms with Gasteiger partial charge >= 0.3 is 0 Å². The second kappa shape index (κ2) is 4.09. The van der Waals surface area contributed by atoms with E-state index in [9.17, 15) is 0 Å². The highest BCUT2D eigenvalue weighted by molar-refractivity contribution is 9.10. The molecule has 2 rings (SSSR count). The normalized spacial score (nSPS) is 15.8. The number of ether oxygens (including phenoxy) is 1. The maximum Gasteiger partial charge on any atom is 0.136 e. The van der Waals surface area contributed by atoms with Gasteiger partial charge in [-0.1, -0.05) is 12.8 Å². The van der Waals surface area contributed by atoms with Crippen LogP contribution < -0.4 is 4.74 Å². The molecule has 70 valence electrons. The lowest BCUT2D eigenvalue weighted by Gasteiger charge is -2.06. The van der Waals surface area contributed by atoms with E-state index in [0.29, 0.717) is 0 Å². The summed E-state index contributed by atoms with van der Waals surface area (Å²) in [5, 5.41) is 0. The number of aromatic nitrogens is 1. The summed E-state index contributed by atoms with van der Waals surface area (Å²) < 4.78 is 6.54. The molecule has 3 heteroatoms. The fraction of sp³-hybridized carbons (Fsp3) is 0.500. The molecule has 0 unspecified atom stereocenters. The van der Waals surface area contributed by atoms with Gasteiger partial charge in [0.2, 0.25) is 0 Å². The van der Waals surface area contributed by atoms with Gasteiger partial charge in [-0.3, -0.25) is 4.98 Å². The average Bonchev–Trinajstić information content (AvgIpc) is 2.92. The van der Waals surface area contributed by atoms with Crippen LogP contribution in [0.2, 0.25) is 0 Å². The SMILES string of the molecule is Brc1cnccc1OCCC1CC1. The van der Waals surface area contributed by atoms with Crippen molar-refractivity contribution in [2.24, 2.45) is 5.92 Å². The molecule has 2 nitrogen and oxygen atoms in total. The first-order valence-electron chi connectivity index (χ1n) is 4.58. The summed E-state index contributed by atoms with van der Waals surface area (Å²) in [6.07, 6.45) is 7.47. The van der Waals surface area contributed by atoms with E-state index in [4.69, 9.17) is 4.74 Å². The van der Waals surface area contributed by atoms with Crippen molar-refractivity contribution in [3.63, 3.8) is 0 Å². The Hall–Kier alpha value is -0.570. The summed E-state index contributed by atoms with van der Waals surface area (Å²) in [6.45, 7) is 0.827. The molecule has 0 spiro atoms. The Balaban J connectivity index is 1.82. The number of pyridine rings is 1. The van der Waals surface area contributed by atoms with E-state index in [-0.39, 0.29) is 0 Å². The van der Waals surface area contributed by atoms with Crippen LogP contribution in [-0.2, 0) is 0 Å². The second-order valence-electron chi connectivity index (χ2n) is 3.39. The van der Waals surface area contributed by atoms with Crippen LogP contribution in [0.3, 0.4) is 0 Å². The molecule has 13 heavy (non-hydrogen) atoms. The Kier molecular flexibility index (Phi) is 2.83. The maximum absolute atomic E-state index is 5.60. The molecule has 0 amide bonds. The van der Waals surface area contributed by atoms with Crippen LogP contribution in [0.1, 0.15) is 19.3 Å². The Morgan fingerprint density at radius 2 is 2.38 bits per heavy atom. The smallest absolute Gasteiger partial charge is 0.136 e. The van der Waals surface area contributed by atoms with Crippen LogP contribution in [0.5, 0.6) is 5.75 Å². The number of nitrogens with zero attached hydrogens (tertiary/aromatic N) is 1. The highest BCUT2D eigenvalue weighted by Gasteiger charge is 2.20. The van der Waals surface area contributed by atoms with Crippen molar-refractivity contribution in [1.82, 2.24) is 4.98 Å². The molecule has 0 aromatic carbocycles. The largest absolute Gasteiger partial charge is 0.492 e. The zero-order chi connectivity index (χ0) is 9.10. The molecule has 1 saturated carbocycles. The van der Waals surface area contributed by atoms with Gasteiger partial charge in [-0.25, -0.2) is 0 Å². The minimum absolute atomic E-state index is 0.827. The van der Waals surface area contributed by atoms with E-state index in [2.05, 4.69) is 20.9 Å². The van der Waals surface area contributed by atoms with Crippen LogP contribution in [0.4, 0.5) is 0 Å². The Morgan fingerprint density at radius 3 is 3.08 bits per heavy atom. The lowest BCUT2D eigenvalue weighted by atomic mass is 10.3. The molecular formula is C10H12BrNO. The molecule has 1 aliphatic carbocycles. The average molecular weight is 242 g/mol. The third-order valence-corrected chi connectivity index (χ3v) is 2.81. The van der Waals surface area contributed by atoms with Crippen molar-refractivity contribution in [3.05, 3.63) is 22.9 Å². The Labute approximate surface area is 86.5 Å². The zero-order valence-electron chi connectivity index (χ0n) is 7.37. The topological polar surface area (TPSA) is 22.1 Å². The summed E-state index contributed by atoms with van der Waals surface area (Å²) in [5.74, 6) is 1.83. The predicted molar refractivity (Wildman–Crippen MR) is 54.8 cm³/mol. The molecule has 1 aliphatic rings. The van der Waals surface area contributed by atoms with E-state index >= 15 is 0 Å². The molecule has 0 bridgehead atoms. The number of halogens is 1. The molecule has 1 aromatic rings. The number of hydrogen-bond donors (Lipinski definition) is 0. The van der Waals surface area contributed by atoms with E-state index in [1.807, 2.05) is 6.07 Å². The van der Waals surface area contributed by atoms with Gasteiger partial charge in [0.05, 0.1) is 11.1 Å². The number of hydrogen-bond acceptors (Lipinski definition) is 2. The van der Waals surface area contributed by atoms with Gasteiger partial charge in [-0.15, -0.1) is 0 Å². The minimum atomic E-state index is 0.827.